The zero-order valence-corrected chi connectivity index (χ0v) is 20.1. The number of urea groups is 1. The van der Waals surface area contributed by atoms with Crippen molar-refractivity contribution in [3.05, 3.63) is 69.7 Å². The van der Waals surface area contributed by atoms with Gasteiger partial charge in [0, 0.05) is 62.9 Å². The minimum absolute atomic E-state index is 0.245. The van der Waals surface area contributed by atoms with Gasteiger partial charge < -0.3 is 15.5 Å². The summed E-state index contributed by atoms with van der Waals surface area (Å²) in [4.78, 5) is 21.3. The van der Waals surface area contributed by atoms with Crippen LogP contribution in [0.5, 0.6) is 0 Å². The van der Waals surface area contributed by atoms with Crippen LogP contribution in [0.1, 0.15) is 11.4 Å². The monoisotopic (exact) mass is 508 g/mol. The van der Waals surface area contributed by atoms with Crippen LogP contribution in [0, 0.1) is 5.82 Å². The first kappa shape index (κ1) is 23.7. The predicted molar refractivity (Wildman–Crippen MR) is 131 cm³/mol. The van der Waals surface area contributed by atoms with Crippen molar-refractivity contribution in [3.8, 4) is 0 Å². The van der Waals surface area contributed by atoms with Gasteiger partial charge in [-0.1, -0.05) is 35.3 Å². The van der Waals surface area contributed by atoms with Crippen LogP contribution in [0.25, 0.3) is 0 Å². The zero-order valence-electron chi connectivity index (χ0n) is 17.7. The molecule has 2 aromatic carbocycles. The minimum Gasteiger partial charge on any atom is -0.344 e. The summed E-state index contributed by atoms with van der Waals surface area (Å²) in [5.74, 6) is 0.507. The molecule has 1 aliphatic rings. The summed E-state index contributed by atoms with van der Waals surface area (Å²) in [7, 11) is 0. The van der Waals surface area contributed by atoms with Crippen LogP contribution < -0.4 is 15.5 Å². The van der Waals surface area contributed by atoms with E-state index in [9.17, 15) is 9.18 Å². The van der Waals surface area contributed by atoms with Crippen LogP contribution in [-0.2, 0) is 6.42 Å². The van der Waals surface area contributed by atoms with E-state index >= 15 is 0 Å². The summed E-state index contributed by atoms with van der Waals surface area (Å²) in [6.07, 6.45) is 0.590. The van der Waals surface area contributed by atoms with Crippen molar-refractivity contribution in [2.24, 2.45) is 0 Å². The first-order valence-corrected chi connectivity index (χ1v) is 12.0. The van der Waals surface area contributed by atoms with Gasteiger partial charge in [-0.05, 0) is 35.9 Å². The van der Waals surface area contributed by atoms with Gasteiger partial charge in [0.2, 0.25) is 5.13 Å². The molecule has 1 aliphatic heterocycles. The van der Waals surface area contributed by atoms with E-state index in [1.807, 2.05) is 0 Å². The highest BCUT2D eigenvalue weighted by Crippen LogP contribution is 2.25. The fourth-order valence-corrected chi connectivity index (χ4v) is 4.50. The van der Waals surface area contributed by atoms with Gasteiger partial charge in [-0.25, -0.2) is 14.2 Å². The Balaban J connectivity index is 1.17. The molecule has 1 aromatic heterocycles. The van der Waals surface area contributed by atoms with Gasteiger partial charge >= 0.3 is 6.03 Å². The number of hydrogen-bond acceptors (Lipinski definition) is 6. The van der Waals surface area contributed by atoms with Crippen molar-refractivity contribution in [2.75, 3.05) is 49.5 Å². The lowest BCUT2D eigenvalue weighted by Crippen LogP contribution is -2.48. The topological polar surface area (TPSA) is 73.4 Å². The normalized spacial score (nSPS) is 14.3. The molecule has 0 aliphatic carbocycles. The molecule has 0 atom stereocenters. The summed E-state index contributed by atoms with van der Waals surface area (Å²) in [6, 6.07) is 11.1. The van der Waals surface area contributed by atoms with Gasteiger partial charge in [0.1, 0.15) is 11.6 Å². The summed E-state index contributed by atoms with van der Waals surface area (Å²) >= 11 is 13.2. The Labute approximate surface area is 205 Å². The fourth-order valence-electron chi connectivity index (χ4n) is 3.47. The average Bonchev–Trinajstić information content (AvgIpc) is 3.27. The maximum absolute atomic E-state index is 13.1. The third kappa shape index (κ3) is 6.77. The molecule has 11 heteroatoms. The first-order chi connectivity index (χ1) is 16.0. The van der Waals surface area contributed by atoms with Gasteiger partial charge in [0.15, 0.2) is 0 Å². The van der Waals surface area contributed by atoms with Gasteiger partial charge in [0.25, 0.3) is 0 Å². The van der Waals surface area contributed by atoms with Crippen molar-refractivity contribution in [1.82, 2.24) is 19.6 Å². The molecule has 7 nitrogen and oxygen atoms in total. The molecule has 3 aromatic rings. The Morgan fingerprint density at radius 3 is 2.55 bits per heavy atom. The molecule has 33 heavy (non-hydrogen) atoms. The summed E-state index contributed by atoms with van der Waals surface area (Å²) in [6.45, 7) is 4.75. The zero-order chi connectivity index (χ0) is 23.2. The molecule has 0 saturated carbocycles. The number of anilines is 2. The van der Waals surface area contributed by atoms with Gasteiger partial charge in [0.05, 0.1) is 10.0 Å². The number of carbonyl (C=O) groups excluding carboxylic acids is 1. The lowest BCUT2D eigenvalue weighted by molar-refractivity contribution is 0.240. The van der Waals surface area contributed by atoms with Gasteiger partial charge in [-0.3, -0.25) is 4.90 Å². The van der Waals surface area contributed by atoms with E-state index in [4.69, 9.17) is 23.2 Å². The molecule has 0 unspecified atom stereocenters. The number of carbonyl (C=O) groups is 1. The van der Waals surface area contributed by atoms with Crippen molar-refractivity contribution in [3.63, 3.8) is 0 Å². The number of halogens is 3. The average molecular weight is 509 g/mol. The Bertz CT molecular complexity index is 1090. The van der Waals surface area contributed by atoms with Crippen molar-refractivity contribution < 1.29 is 9.18 Å². The van der Waals surface area contributed by atoms with Crippen molar-refractivity contribution >= 4 is 51.6 Å². The summed E-state index contributed by atoms with van der Waals surface area (Å²) in [5, 5.41) is 7.35. The Morgan fingerprint density at radius 2 is 1.82 bits per heavy atom. The number of hydrogen-bond donors (Lipinski definition) is 2. The van der Waals surface area contributed by atoms with E-state index < -0.39 is 0 Å². The Hall–Kier alpha value is -2.46. The van der Waals surface area contributed by atoms with Crippen molar-refractivity contribution in [2.45, 2.75) is 6.42 Å². The second-order valence-corrected chi connectivity index (χ2v) is 9.18. The molecule has 4 rings (SSSR count). The third-order valence-corrected chi connectivity index (χ3v) is 6.82. The van der Waals surface area contributed by atoms with E-state index in [0.29, 0.717) is 28.7 Å². The highest BCUT2D eigenvalue weighted by molar-refractivity contribution is 7.09. The highest BCUT2D eigenvalue weighted by Gasteiger charge is 2.20. The van der Waals surface area contributed by atoms with Crippen LogP contribution in [-0.4, -0.2) is 59.6 Å². The fraction of sp³-hybridized carbons (Fsp3) is 0.318. The molecular formula is C22H23Cl2FN6OS. The highest BCUT2D eigenvalue weighted by atomic mass is 35.5. The SMILES string of the molecule is O=C(NCCN1CCN(c2nc(Cc3ccc(F)cc3)ns2)CC1)Nc1ccc(Cl)c(Cl)c1. The van der Waals surface area contributed by atoms with E-state index in [1.54, 1.807) is 30.3 Å². The van der Waals surface area contributed by atoms with Crippen LogP contribution in [0.3, 0.4) is 0 Å². The predicted octanol–water partition coefficient (Wildman–Crippen LogP) is 4.52. The van der Waals surface area contributed by atoms with E-state index in [-0.39, 0.29) is 11.8 Å². The number of amides is 2. The number of nitrogens with zero attached hydrogens (tertiary/aromatic N) is 4. The maximum Gasteiger partial charge on any atom is 0.319 e. The molecule has 0 bridgehead atoms. The molecule has 0 spiro atoms. The van der Waals surface area contributed by atoms with Gasteiger partial charge in [-0.15, -0.1) is 0 Å². The second-order valence-electron chi connectivity index (χ2n) is 7.63. The Morgan fingerprint density at radius 1 is 1.06 bits per heavy atom. The molecule has 2 amide bonds. The van der Waals surface area contributed by atoms with Crippen molar-refractivity contribution in [1.29, 1.82) is 0 Å². The molecular weight excluding hydrogens is 486 g/mol. The summed E-state index contributed by atoms with van der Waals surface area (Å²) < 4.78 is 17.5. The molecule has 1 saturated heterocycles. The minimum atomic E-state index is -0.283. The molecule has 2 N–H and O–H groups in total. The van der Waals surface area contributed by atoms with Crippen LogP contribution in [0.2, 0.25) is 10.0 Å². The van der Waals surface area contributed by atoms with E-state index in [0.717, 1.165) is 49.2 Å². The number of rotatable bonds is 7. The number of nitrogens with one attached hydrogen (secondary N) is 2. The van der Waals surface area contributed by atoms with Crippen LogP contribution >= 0.6 is 34.7 Å². The van der Waals surface area contributed by atoms with Gasteiger partial charge in [-0.2, -0.15) is 4.37 Å². The van der Waals surface area contributed by atoms with E-state index in [2.05, 4.69) is 29.8 Å². The molecule has 1 fully saturated rings. The quantitative estimate of drug-likeness (QED) is 0.490. The van der Waals surface area contributed by atoms with Crippen LogP contribution in [0.15, 0.2) is 42.5 Å². The number of benzene rings is 2. The standard InChI is InChI=1S/C22H23Cl2FN6OS/c23-18-6-5-17(14-19(18)24)27-21(32)26-7-8-30-9-11-31(12-10-30)22-28-20(29-33-22)13-15-1-3-16(25)4-2-15/h1-6,14H,7-13H2,(H2,26,27,32). The first-order valence-electron chi connectivity index (χ1n) is 10.5. The smallest absolute Gasteiger partial charge is 0.319 e. The third-order valence-electron chi connectivity index (χ3n) is 5.27. The number of aromatic nitrogens is 2. The van der Waals surface area contributed by atoms with Crippen LogP contribution in [0.4, 0.5) is 20.0 Å². The molecule has 174 valence electrons. The largest absolute Gasteiger partial charge is 0.344 e. The van der Waals surface area contributed by atoms with E-state index in [1.165, 1.54) is 23.7 Å². The molecule has 0 radical (unpaired) electrons. The lowest BCUT2D eigenvalue weighted by atomic mass is 10.1. The Kier molecular flexibility index (Phi) is 7.97. The molecule has 2 heterocycles. The summed E-state index contributed by atoms with van der Waals surface area (Å²) in [5.41, 5.74) is 1.58. The maximum atomic E-state index is 13.1. The number of piperazine rings is 1. The lowest BCUT2D eigenvalue weighted by Gasteiger charge is -2.34. The second kappa shape index (κ2) is 11.1.